The molecule has 1 saturated carbocycles. The van der Waals surface area contributed by atoms with Gasteiger partial charge in [0.1, 0.15) is 16.0 Å². The van der Waals surface area contributed by atoms with Gasteiger partial charge in [0, 0.05) is 18.7 Å². The van der Waals surface area contributed by atoms with E-state index in [4.69, 9.17) is 10.5 Å². The molecule has 2 fully saturated rings. The second-order valence-corrected chi connectivity index (χ2v) is 8.95. The number of carbonyl (C=O) groups excluding carboxylic acids is 1. The number of aliphatic imine (C=N–C) groups is 1. The summed E-state index contributed by atoms with van der Waals surface area (Å²) in [6.07, 6.45) is 2.75. The fraction of sp³-hybridized carbons (Fsp3) is 0.706. The van der Waals surface area contributed by atoms with Gasteiger partial charge in [0.2, 0.25) is 0 Å². The molecule has 1 amide bonds. The maximum Gasteiger partial charge on any atom is 0.410 e. The fourth-order valence-electron chi connectivity index (χ4n) is 3.85. The van der Waals surface area contributed by atoms with Gasteiger partial charge in [-0.25, -0.2) is 9.48 Å². The number of ether oxygens (including phenoxy) is 1. The van der Waals surface area contributed by atoms with Crippen LogP contribution in [0.1, 0.15) is 51.6 Å². The molecule has 1 spiro atoms. The van der Waals surface area contributed by atoms with Crippen molar-refractivity contribution in [1.29, 1.82) is 0 Å². The van der Waals surface area contributed by atoms with Gasteiger partial charge in [-0.15, -0.1) is 0 Å². The van der Waals surface area contributed by atoms with Gasteiger partial charge in [-0.1, -0.05) is 0 Å². The Morgan fingerprint density at radius 2 is 2.20 bits per heavy atom. The lowest BCUT2D eigenvalue weighted by molar-refractivity contribution is 0.0187. The summed E-state index contributed by atoms with van der Waals surface area (Å²) in [5.74, 6) is 0.654. The molecule has 0 aromatic carbocycles. The minimum atomic E-state index is -0.458. The van der Waals surface area contributed by atoms with Gasteiger partial charge < -0.3 is 15.4 Å². The quantitative estimate of drug-likeness (QED) is 0.772. The lowest BCUT2D eigenvalue weighted by Gasteiger charge is -2.45. The van der Waals surface area contributed by atoms with Crippen LogP contribution in [-0.4, -0.2) is 46.2 Å². The molecule has 0 atom stereocenters. The van der Waals surface area contributed by atoms with Crippen molar-refractivity contribution in [3.8, 4) is 0 Å². The van der Waals surface area contributed by atoms with Gasteiger partial charge in [0.05, 0.1) is 12.6 Å². The molecule has 1 saturated heterocycles. The number of carbonyl (C=O) groups is 1. The molecule has 1 aliphatic carbocycles. The summed E-state index contributed by atoms with van der Waals surface area (Å²) < 4.78 is 8.12. The Kier molecular flexibility index (Phi) is 4.59. The highest BCUT2D eigenvalue weighted by molar-refractivity contribution is 9.10. The van der Waals surface area contributed by atoms with Gasteiger partial charge in [-0.05, 0) is 68.1 Å². The van der Waals surface area contributed by atoms with Crippen LogP contribution in [0.5, 0.6) is 0 Å². The van der Waals surface area contributed by atoms with E-state index in [1.165, 1.54) is 0 Å². The number of anilines is 1. The van der Waals surface area contributed by atoms with Crippen LogP contribution in [0, 0.1) is 5.41 Å². The molecular formula is C17H26BrN5O2. The average molecular weight is 412 g/mol. The number of rotatable bonds is 3. The number of hydrogen-bond donors (Lipinski definition) is 1. The third-order valence-corrected chi connectivity index (χ3v) is 5.68. The van der Waals surface area contributed by atoms with Crippen LogP contribution in [0.3, 0.4) is 0 Å². The molecule has 2 N–H and O–H groups in total. The summed E-state index contributed by atoms with van der Waals surface area (Å²) in [5, 5.41) is 4.52. The van der Waals surface area contributed by atoms with E-state index >= 15 is 0 Å². The van der Waals surface area contributed by atoms with Crippen molar-refractivity contribution >= 4 is 34.6 Å². The molecule has 1 aromatic heterocycles. The zero-order valence-corrected chi connectivity index (χ0v) is 16.7. The van der Waals surface area contributed by atoms with Gasteiger partial charge in [-0.3, -0.25) is 4.99 Å². The van der Waals surface area contributed by atoms with Crippen LogP contribution in [0.4, 0.5) is 10.6 Å². The van der Waals surface area contributed by atoms with Crippen LogP contribution in [-0.2, 0) is 11.3 Å². The Bertz CT molecular complexity index is 688. The summed E-state index contributed by atoms with van der Waals surface area (Å²) in [4.78, 5) is 18.0. The Hall–Kier alpha value is -1.57. The molecule has 3 rings (SSSR count). The molecule has 25 heavy (non-hydrogen) atoms. The Labute approximate surface area is 156 Å². The van der Waals surface area contributed by atoms with Crippen molar-refractivity contribution in [2.45, 2.75) is 58.2 Å². The van der Waals surface area contributed by atoms with E-state index in [9.17, 15) is 4.79 Å². The Balaban J connectivity index is 1.62. The number of nitrogen functional groups attached to an aromatic ring is 1. The summed E-state index contributed by atoms with van der Waals surface area (Å²) in [7, 11) is 0. The monoisotopic (exact) mass is 411 g/mol. The normalized spacial score (nSPS) is 25.9. The SMILES string of the molecule is C=NCc1c(Br)nn(C2CC3(CCN(C(=O)OC(C)(C)C)C3)C2)c1N. The second-order valence-electron chi connectivity index (χ2n) is 8.19. The number of nitrogens with two attached hydrogens (primary N) is 1. The van der Waals surface area contributed by atoms with Crippen LogP contribution in [0.15, 0.2) is 9.60 Å². The van der Waals surface area contributed by atoms with E-state index < -0.39 is 5.60 Å². The first-order chi connectivity index (χ1) is 11.6. The van der Waals surface area contributed by atoms with Crippen LogP contribution < -0.4 is 5.73 Å². The van der Waals surface area contributed by atoms with E-state index in [0.717, 1.165) is 42.5 Å². The van der Waals surface area contributed by atoms with E-state index in [0.29, 0.717) is 12.4 Å². The molecule has 0 radical (unpaired) electrons. The summed E-state index contributed by atoms with van der Waals surface area (Å²) in [6.45, 7) is 11.2. The van der Waals surface area contributed by atoms with Crippen molar-refractivity contribution in [2.24, 2.45) is 10.4 Å². The van der Waals surface area contributed by atoms with Crippen LogP contribution in [0.25, 0.3) is 0 Å². The highest BCUT2D eigenvalue weighted by Crippen LogP contribution is 2.54. The first-order valence-electron chi connectivity index (χ1n) is 8.57. The minimum absolute atomic E-state index is 0.170. The summed E-state index contributed by atoms with van der Waals surface area (Å²) >= 11 is 3.45. The largest absolute Gasteiger partial charge is 0.444 e. The first kappa shape index (κ1) is 18.2. The van der Waals surface area contributed by atoms with Crippen molar-refractivity contribution < 1.29 is 9.53 Å². The predicted octanol–water partition coefficient (Wildman–Crippen LogP) is 3.39. The highest BCUT2D eigenvalue weighted by Gasteiger charge is 2.51. The summed E-state index contributed by atoms with van der Waals surface area (Å²) in [6, 6.07) is 0.272. The zero-order chi connectivity index (χ0) is 18.4. The number of hydrogen-bond acceptors (Lipinski definition) is 5. The third kappa shape index (κ3) is 3.54. The topological polar surface area (TPSA) is 85.7 Å². The molecule has 8 heteroatoms. The average Bonchev–Trinajstić information content (AvgIpc) is 3.01. The molecule has 2 heterocycles. The van der Waals surface area contributed by atoms with Gasteiger partial charge in [-0.2, -0.15) is 5.10 Å². The fourth-order valence-corrected chi connectivity index (χ4v) is 4.35. The zero-order valence-electron chi connectivity index (χ0n) is 15.1. The molecule has 138 valence electrons. The Morgan fingerprint density at radius 3 is 2.80 bits per heavy atom. The second kappa shape index (κ2) is 6.30. The smallest absolute Gasteiger partial charge is 0.410 e. The maximum atomic E-state index is 12.3. The van der Waals surface area contributed by atoms with Crippen molar-refractivity contribution in [1.82, 2.24) is 14.7 Å². The number of halogens is 1. The molecule has 1 aromatic rings. The number of nitrogens with zero attached hydrogens (tertiary/aromatic N) is 4. The molecule has 0 unspecified atom stereocenters. The van der Waals surface area contributed by atoms with E-state index in [-0.39, 0.29) is 17.6 Å². The number of amides is 1. The number of aromatic nitrogens is 2. The minimum Gasteiger partial charge on any atom is -0.444 e. The van der Waals surface area contributed by atoms with Crippen molar-refractivity contribution in [3.05, 3.63) is 10.2 Å². The van der Waals surface area contributed by atoms with Crippen LogP contribution in [0.2, 0.25) is 0 Å². The third-order valence-electron chi connectivity index (χ3n) is 5.04. The molecule has 1 aliphatic heterocycles. The maximum absolute atomic E-state index is 12.3. The van der Waals surface area contributed by atoms with Gasteiger partial charge in [0.25, 0.3) is 0 Å². The van der Waals surface area contributed by atoms with Gasteiger partial charge in [0.15, 0.2) is 0 Å². The summed E-state index contributed by atoms with van der Waals surface area (Å²) in [5.41, 5.74) is 6.83. The molecule has 7 nitrogen and oxygen atoms in total. The van der Waals surface area contributed by atoms with Crippen molar-refractivity contribution in [2.75, 3.05) is 18.8 Å². The predicted molar refractivity (Wildman–Crippen MR) is 101 cm³/mol. The molecule has 2 aliphatic rings. The first-order valence-corrected chi connectivity index (χ1v) is 9.36. The lowest BCUT2D eigenvalue weighted by atomic mass is 9.65. The molecular weight excluding hydrogens is 386 g/mol. The molecule has 0 bridgehead atoms. The van der Waals surface area contributed by atoms with E-state index in [1.54, 1.807) is 0 Å². The number of likely N-dealkylation sites (tertiary alicyclic amines) is 1. The van der Waals surface area contributed by atoms with E-state index in [1.807, 2.05) is 30.4 Å². The lowest BCUT2D eigenvalue weighted by Crippen LogP contribution is -2.43. The van der Waals surface area contributed by atoms with Crippen molar-refractivity contribution in [3.63, 3.8) is 0 Å². The standard InChI is InChI=1S/C17H26BrN5O2/c1-16(2,3)25-15(24)22-6-5-17(10-22)7-11(8-17)23-14(19)12(9-20-4)13(18)21-23/h11H,4-10,19H2,1-3H3. The van der Waals surface area contributed by atoms with Gasteiger partial charge >= 0.3 is 6.09 Å². The highest BCUT2D eigenvalue weighted by atomic mass is 79.9. The Morgan fingerprint density at radius 1 is 1.52 bits per heavy atom. The van der Waals surface area contributed by atoms with E-state index in [2.05, 4.69) is 32.7 Å². The van der Waals surface area contributed by atoms with Crippen LogP contribution >= 0.6 is 15.9 Å².